The highest BCUT2D eigenvalue weighted by Gasteiger charge is 2.25. The first-order chi connectivity index (χ1) is 24.1. The summed E-state index contributed by atoms with van der Waals surface area (Å²) in [5.74, 6) is -1.78. The smallest absolute Gasteiger partial charge is 0.306 e. The van der Waals surface area contributed by atoms with Gasteiger partial charge >= 0.3 is 11.9 Å². The fourth-order valence-corrected chi connectivity index (χ4v) is 5.63. The molecule has 0 amide bonds. The predicted molar refractivity (Wildman–Crippen MR) is 203 cm³/mol. The van der Waals surface area contributed by atoms with Crippen LogP contribution in [0.2, 0.25) is 0 Å². The van der Waals surface area contributed by atoms with Gasteiger partial charge in [-0.3, -0.25) is 9.59 Å². The molecule has 0 radical (unpaired) electrons. The van der Waals surface area contributed by atoms with E-state index in [-0.39, 0.29) is 42.7 Å². The van der Waals surface area contributed by atoms with E-state index in [0.29, 0.717) is 12.8 Å². The molecular formula is C42H75NO7. The van der Waals surface area contributed by atoms with Crippen molar-refractivity contribution in [1.82, 2.24) is 0 Å². The van der Waals surface area contributed by atoms with Gasteiger partial charge in [0.1, 0.15) is 12.6 Å². The Labute approximate surface area is 306 Å². The van der Waals surface area contributed by atoms with E-state index in [0.717, 1.165) is 83.5 Å². The zero-order valence-electron chi connectivity index (χ0n) is 32.8. The monoisotopic (exact) mass is 706 g/mol. The molecule has 0 saturated heterocycles. The predicted octanol–water partition coefficient (Wildman–Crippen LogP) is 8.96. The minimum Gasteiger partial charge on any atom is -0.544 e. The molecule has 0 spiro atoms. The summed E-state index contributed by atoms with van der Waals surface area (Å²) in [6.07, 6.45) is 36.0. The number of quaternary nitrogens is 1. The number of carbonyl (C=O) groups excluding carboxylic acids is 3. The molecule has 50 heavy (non-hydrogen) atoms. The van der Waals surface area contributed by atoms with Crippen molar-refractivity contribution in [3.63, 3.8) is 0 Å². The molecule has 0 fully saturated rings. The molecule has 0 bridgehead atoms. The van der Waals surface area contributed by atoms with Crippen LogP contribution in [0.15, 0.2) is 36.5 Å². The summed E-state index contributed by atoms with van der Waals surface area (Å²) >= 11 is 0. The molecule has 0 rings (SSSR count). The second kappa shape index (κ2) is 33.7. The third-order valence-corrected chi connectivity index (χ3v) is 8.76. The number of carboxylic acid groups (broad SMARTS) is 1. The van der Waals surface area contributed by atoms with Crippen LogP contribution in [0.4, 0.5) is 0 Å². The SMILES string of the molecule is CC/C=C/C/C=C/CCCCCCCC(=O)OCC(COCCC(C(=O)[O-])[N+](C)(C)C)OC(=O)CCCCC/C=C/CCCCCCCCC. The van der Waals surface area contributed by atoms with Crippen molar-refractivity contribution in [1.29, 1.82) is 0 Å². The summed E-state index contributed by atoms with van der Waals surface area (Å²) in [6, 6.07) is -0.728. The summed E-state index contributed by atoms with van der Waals surface area (Å²) in [7, 11) is 5.39. The summed E-state index contributed by atoms with van der Waals surface area (Å²) in [4.78, 5) is 36.7. The highest BCUT2D eigenvalue weighted by molar-refractivity contribution is 5.70. The van der Waals surface area contributed by atoms with Crippen LogP contribution >= 0.6 is 0 Å². The summed E-state index contributed by atoms with van der Waals surface area (Å²) in [6.45, 7) is 4.50. The Balaban J connectivity index is 4.44. The van der Waals surface area contributed by atoms with E-state index >= 15 is 0 Å². The Hall–Kier alpha value is -2.45. The van der Waals surface area contributed by atoms with E-state index in [9.17, 15) is 19.5 Å². The Morgan fingerprint density at radius 2 is 1.12 bits per heavy atom. The first-order valence-corrected chi connectivity index (χ1v) is 20.0. The molecule has 2 unspecified atom stereocenters. The van der Waals surface area contributed by atoms with Crippen LogP contribution in [0.3, 0.4) is 0 Å². The van der Waals surface area contributed by atoms with Crippen LogP contribution in [0, 0.1) is 0 Å². The van der Waals surface area contributed by atoms with Crippen molar-refractivity contribution in [2.45, 2.75) is 174 Å². The number of likely N-dealkylation sites (N-methyl/N-ethyl adjacent to an activating group) is 1. The van der Waals surface area contributed by atoms with E-state index in [1.165, 1.54) is 44.9 Å². The van der Waals surface area contributed by atoms with E-state index in [2.05, 4.69) is 50.3 Å². The average Bonchev–Trinajstić information content (AvgIpc) is 3.06. The maximum absolute atomic E-state index is 12.6. The molecule has 2 atom stereocenters. The normalized spacial score (nSPS) is 13.4. The van der Waals surface area contributed by atoms with Gasteiger partial charge in [0, 0.05) is 19.3 Å². The topological polar surface area (TPSA) is 102 Å². The molecule has 8 heteroatoms. The fraction of sp³-hybridized carbons (Fsp3) is 0.786. The Kier molecular flexibility index (Phi) is 32.0. The van der Waals surface area contributed by atoms with Gasteiger partial charge in [-0.1, -0.05) is 115 Å². The highest BCUT2D eigenvalue weighted by Crippen LogP contribution is 2.13. The van der Waals surface area contributed by atoms with Crippen LogP contribution in [-0.2, 0) is 28.6 Å². The van der Waals surface area contributed by atoms with Gasteiger partial charge in [0.25, 0.3) is 0 Å². The lowest BCUT2D eigenvalue weighted by Crippen LogP contribution is -2.55. The van der Waals surface area contributed by atoms with Gasteiger partial charge in [0.2, 0.25) is 0 Å². The summed E-state index contributed by atoms with van der Waals surface area (Å²) in [5, 5.41) is 11.6. The summed E-state index contributed by atoms with van der Waals surface area (Å²) < 4.78 is 17.1. The standard InChI is InChI=1S/C42H75NO7/c1-6-8-10-12-14-16-18-20-21-23-25-27-29-31-33-41(45)50-38(36-48-35-34-39(42(46)47)43(3,4)5)37-49-40(44)32-30-28-26-24-22-19-17-15-13-11-9-7-2/h9,11,15,17,21,23,38-39H,6-8,10,12-14,16,18-20,22,24-37H2,1-5H3/b11-9+,17-15+,23-21+. The number of rotatable bonds is 35. The van der Waals surface area contributed by atoms with E-state index in [4.69, 9.17) is 14.2 Å². The number of hydrogen-bond donors (Lipinski definition) is 0. The van der Waals surface area contributed by atoms with Crippen LogP contribution in [0.1, 0.15) is 162 Å². The number of esters is 2. The molecule has 0 aromatic carbocycles. The third kappa shape index (κ3) is 31.5. The van der Waals surface area contributed by atoms with Crippen molar-refractivity contribution in [3.8, 4) is 0 Å². The molecule has 290 valence electrons. The number of allylic oxidation sites excluding steroid dienone is 6. The minimum absolute atomic E-state index is 0.0306. The number of ether oxygens (including phenoxy) is 3. The van der Waals surface area contributed by atoms with E-state index < -0.39 is 18.1 Å². The van der Waals surface area contributed by atoms with Crippen LogP contribution in [-0.4, -0.2) is 75.5 Å². The fourth-order valence-electron chi connectivity index (χ4n) is 5.63. The zero-order chi connectivity index (χ0) is 37.1. The van der Waals surface area contributed by atoms with Crippen molar-refractivity contribution in [3.05, 3.63) is 36.5 Å². The number of aliphatic carboxylic acids is 1. The van der Waals surface area contributed by atoms with Crippen molar-refractivity contribution < 1.29 is 38.2 Å². The maximum atomic E-state index is 12.6. The van der Waals surface area contributed by atoms with Gasteiger partial charge in [-0.05, 0) is 64.2 Å². The lowest BCUT2D eigenvalue weighted by molar-refractivity contribution is -0.889. The molecule has 0 N–H and O–H groups in total. The largest absolute Gasteiger partial charge is 0.544 e. The molecular weight excluding hydrogens is 630 g/mol. The second-order valence-electron chi connectivity index (χ2n) is 14.5. The molecule has 0 aromatic rings. The molecule has 0 saturated carbocycles. The van der Waals surface area contributed by atoms with Crippen molar-refractivity contribution in [2.24, 2.45) is 0 Å². The number of unbranched alkanes of at least 4 members (excludes halogenated alkanes) is 15. The van der Waals surface area contributed by atoms with Gasteiger partial charge in [-0.2, -0.15) is 0 Å². The van der Waals surface area contributed by atoms with Gasteiger partial charge in [0.15, 0.2) is 6.10 Å². The quantitative estimate of drug-likeness (QED) is 0.0281. The Morgan fingerprint density at radius 3 is 1.68 bits per heavy atom. The molecule has 0 aliphatic rings. The minimum atomic E-state index is -1.13. The van der Waals surface area contributed by atoms with Gasteiger partial charge in [0.05, 0.1) is 40.3 Å². The second-order valence-corrected chi connectivity index (χ2v) is 14.5. The van der Waals surface area contributed by atoms with Gasteiger partial charge in [-0.15, -0.1) is 0 Å². The van der Waals surface area contributed by atoms with Crippen molar-refractivity contribution >= 4 is 17.9 Å². The number of carbonyl (C=O) groups is 3. The third-order valence-electron chi connectivity index (χ3n) is 8.76. The molecule has 8 nitrogen and oxygen atoms in total. The Morgan fingerprint density at radius 1 is 0.620 bits per heavy atom. The first-order valence-electron chi connectivity index (χ1n) is 20.0. The lowest BCUT2D eigenvalue weighted by Gasteiger charge is -2.34. The van der Waals surface area contributed by atoms with Gasteiger partial charge in [-0.25, -0.2) is 0 Å². The van der Waals surface area contributed by atoms with E-state index in [1.54, 1.807) is 21.1 Å². The first kappa shape index (κ1) is 47.5. The van der Waals surface area contributed by atoms with Crippen molar-refractivity contribution in [2.75, 3.05) is 41.0 Å². The number of nitrogens with zero attached hydrogens (tertiary/aromatic N) is 1. The van der Waals surface area contributed by atoms with E-state index in [1.807, 2.05) is 0 Å². The molecule has 0 aliphatic heterocycles. The van der Waals surface area contributed by atoms with Gasteiger partial charge < -0.3 is 28.6 Å². The number of carboxylic acids is 1. The molecule has 0 aromatic heterocycles. The Bertz CT molecular complexity index is 922. The van der Waals surface area contributed by atoms with Crippen LogP contribution in [0.5, 0.6) is 0 Å². The lowest BCUT2D eigenvalue weighted by atomic mass is 10.1. The summed E-state index contributed by atoms with van der Waals surface area (Å²) in [5.41, 5.74) is 0. The average molecular weight is 706 g/mol. The van der Waals surface area contributed by atoms with Crippen LogP contribution in [0.25, 0.3) is 0 Å². The molecule has 0 aliphatic carbocycles. The highest BCUT2D eigenvalue weighted by atomic mass is 16.6. The zero-order valence-corrected chi connectivity index (χ0v) is 32.8. The maximum Gasteiger partial charge on any atom is 0.306 e. The number of hydrogen-bond acceptors (Lipinski definition) is 7. The van der Waals surface area contributed by atoms with Crippen LogP contribution < -0.4 is 5.11 Å². The molecule has 0 heterocycles.